The van der Waals surface area contributed by atoms with Crippen molar-refractivity contribution in [1.82, 2.24) is 5.32 Å². The van der Waals surface area contributed by atoms with Crippen LogP contribution in [-0.2, 0) is 9.59 Å². The molecule has 0 heterocycles. The molecular formula is C17H24N2O3. The molecule has 2 rings (SSSR count). The van der Waals surface area contributed by atoms with E-state index in [2.05, 4.69) is 10.6 Å². The van der Waals surface area contributed by atoms with Crippen LogP contribution in [-0.4, -0.2) is 29.6 Å². The van der Waals surface area contributed by atoms with Crippen LogP contribution in [0.1, 0.15) is 36.0 Å². The number of aliphatic hydroxyl groups is 1. The van der Waals surface area contributed by atoms with Gasteiger partial charge in [0.2, 0.25) is 11.8 Å². The van der Waals surface area contributed by atoms with Gasteiger partial charge in [0.15, 0.2) is 0 Å². The van der Waals surface area contributed by atoms with E-state index in [9.17, 15) is 14.7 Å². The van der Waals surface area contributed by atoms with E-state index < -0.39 is 6.10 Å². The van der Waals surface area contributed by atoms with Crippen LogP contribution in [0.15, 0.2) is 12.1 Å². The number of aryl methyl sites for hydroxylation is 3. The van der Waals surface area contributed by atoms with Gasteiger partial charge in [0.1, 0.15) is 0 Å². The molecule has 0 bridgehead atoms. The lowest BCUT2D eigenvalue weighted by Crippen LogP contribution is -2.39. The SMILES string of the molecule is Cc1cc(C)c(NC(=O)CNC(=O)C2CCCC2O)c(C)c1. The molecule has 5 heteroatoms. The maximum atomic E-state index is 12.0. The first-order chi connectivity index (χ1) is 10.4. The van der Waals surface area contributed by atoms with Gasteiger partial charge in [0, 0.05) is 5.69 Å². The third kappa shape index (κ3) is 3.85. The lowest BCUT2D eigenvalue weighted by molar-refractivity contribution is -0.129. The summed E-state index contributed by atoms with van der Waals surface area (Å²) < 4.78 is 0. The van der Waals surface area contributed by atoms with Crippen LogP contribution in [0.5, 0.6) is 0 Å². The number of rotatable bonds is 4. The minimum atomic E-state index is -0.579. The van der Waals surface area contributed by atoms with Gasteiger partial charge in [0.05, 0.1) is 18.6 Å². The molecule has 5 nitrogen and oxygen atoms in total. The van der Waals surface area contributed by atoms with Crippen molar-refractivity contribution in [3.8, 4) is 0 Å². The fraction of sp³-hybridized carbons (Fsp3) is 0.529. The molecular weight excluding hydrogens is 280 g/mol. The van der Waals surface area contributed by atoms with Crippen molar-refractivity contribution in [2.75, 3.05) is 11.9 Å². The average Bonchev–Trinajstić information content (AvgIpc) is 2.86. The van der Waals surface area contributed by atoms with E-state index in [1.54, 1.807) is 0 Å². The number of amides is 2. The van der Waals surface area contributed by atoms with E-state index in [-0.39, 0.29) is 24.3 Å². The summed E-state index contributed by atoms with van der Waals surface area (Å²) in [7, 11) is 0. The summed E-state index contributed by atoms with van der Waals surface area (Å²) in [6.07, 6.45) is 1.62. The monoisotopic (exact) mass is 304 g/mol. The summed E-state index contributed by atoms with van der Waals surface area (Å²) in [5, 5.41) is 15.2. The first-order valence-corrected chi connectivity index (χ1v) is 7.72. The van der Waals surface area contributed by atoms with E-state index in [0.29, 0.717) is 12.8 Å². The fourth-order valence-corrected chi connectivity index (χ4v) is 3.11. The van der Waals surface area contributed by atoms with E-state index >= 15 is 0 Å². The Hall–Kier alpha value is -1.88. The second-order valence-electron chi connectivity index (χ2n) is 6.14. The van der Waals surface area contributed by atoms with Gasteiger partial charge >= 0.3 is 0 Å². The molecule has 0 saturated heterocycles. The number of aliphatic hydroxyl groups excluding tert-OH is 1. The molecule has 2 amide bonds. The minimum absolute atomic E-state index is 0.0746. The van der Waals surface area contributed by atoms with E-state index in [1.807, 2.05) is 32.9 Å². The van der Waals surface area contributed by atoms with Crippen molar-refractivity contribution in [3.63, 3.8) is 0 Å². The minimum Gasteiger partial charge on any atom is -0.392 e. The first-order valence-electron chi connectivity index (χ1n) is 7.72. The third-order valence-electron chi connectivity index (χ3n) is 4.18. The molecule has 0 aliphatic heterocycles. The van der Waals surface area contributed by atoms with Gasteiger partial charge in [-0.25, -0.2) is 0 Å². The summed E-state index contributed by atoms with van der Waals surface area (Å²) >= 11 is 0. The molecule has 22 heavy (non-hydrogen) atoms. The highest BCUT2D eigenvalue weighted by Crippen LogP contribution is 2.25. The molecule has 2 unspecified atom stereocenters. The van der Waals surface area contributed by atoms with Crippen LogP contribution in [0.3, 0.4) is 0 Å². The van der Waals surface area contributed by atoms with Gasteiger partial charge in [-0.3, -0.25) is 9.59 Å². The Labute approximate surface area is 131 Å². The quantitative estimate of drug-likeness (QED) is 0.794. The number of nitrogens with one attached hydrogen (secondary N) is 2. The molecule has 1 aliphatic carbocycles. The zero-order chi connectivity index (χ0) is 16.3. The molecule has 2 atom stereocenters. The highest BCUT2D eigenvalue weighted by molar-refractivity contribution is 5.96. The fourth-order valence-electron chi connectivity index (χ4n) is 3.11. The van der Waals surface area contributed by atoms with Gasteiger partial charge in [-0.2, -0.15) is 0 Å². The summed E-state index contributed by atoms with van der Waals surface area (Å²) in [5.74, 6) is -0.871. The largest absolute Gasteiger partial charge is 0.392 e. The van der Waals surface area contributed by atoms with Crippen LogP contribution >= 0.6 is 0 Å². The zero-order valence-corrected chi connectivity index (χ0v) is 13.4. The Morgan fingerprint density at radius 3 is 2.36 bits per heavy atom. The predicted molar refractivity (Wildman–Crippen MR) is 85.6 cm³/mol. The van der Waals surface area contributed by atoms with Gasteiger partial charge in [-0.05, 0) is 51.2 Å². The number of benzene rings is 1. The maximum absolute atomic E-state index is 12.0. The summed E-state index contributed by atoms with van der Waals surface area (Å²) in [6, 6.07) is 4.02. The first kappa shape index (κ1) is 16.5. The Kier molecular flexibility index (Phi) is 5.19. The van der Waals surface area contributed by atoms with E-state index in [0.717, 1.165) is 28.8 Å². The highest BCUT2D eigenvalue weighted by Gasteiger charge is 2.31. The molecule has 1 fully saturated rings. The van der Waals surface area contributed by atoms with Crippen molar-refractivity contribution in [1.29, 1.82) is 0 Å². The Morgan fingerprint density at radius 2 is 1.82 bits per heavy atom. The normalized spacial score (nSPS) is 20.7. The van der Waals surface area contributed by atoms with Crippen molar-refractivity contribution in [2.45, 2.75) is 46.1 Å². The second kappa shape index (κ2) is 6.92. The molecule has 120 valence electrons. The Bertz CT molecular complexity index is 560. The van der Waals surface area contributed by atoms with Gasteiger partial charge in [-0.1, -0.05) is 17.7 Å². The number of anilines is 1. The molecule has 0 spiro atoms. The number of carbonyl (C=O) groups excluding carboxylic acids is 2. The molecule has 3 N–H and O–H groups in total. The molecule has 1 aromatic rings. The van der Waals surface area contributed by atoms with Crippen LogP contribution in [0.4, 0.5) is 5.69 Å². The third-order valence-corrected chi connectivity index (χ3v) is 4.18. The van der Waals surface area contributed by atoms with Gasteiger partial charge < -0.3 is 15.7 Å². The van der Waals surface area contributed by atoms with Crippen LogP contribution in [0.2, 0.25) is 0 Å². The van der Waals surface area contributed by atoms with Crippen LogP contribution in [0, 0.1) is 26.7 Å². The Morgan fingerprint density at radius 1 is 1.18 bits per heavy atom. The van der Waals surface area contributed by atoms with E-state index in [1.165, 1.54) is 0 Å². The molecule has 0 aromatic heterocycles. The van der Waals surface area contributed by atoms with Crippen LogP contribution in [0.25, 0.3) is 0 Å². The number of hydrogen-bond donors (Lipinski definition) is 3. The maximum Gasteiger partial charge on any atom is 0.243 e. The summed E-state index contributed by atoms with van der Waals surface area (Å²) in [4.78, 5) is 24.0. The summed E-state index contributed by atoms with van der Waals surface area (Å²) in [6.45, 7) is 5.83. The highest BCUT2D eigenvalue weighted by atomic mass is 16.3. The molecule has 1 saturated carbocycles. The smallest absolute Gasteiger partial charge is 0.243 e. The topological polar surface area (TPSA) is 78.4 Å². The van der Waals surface area contributed by atoms with Crippen molar-refractivity contribution >= 4 is 17.5 Å². The predicted octanol–water partition coefficient (Wildman–Crippen LogP) is 1.83. The number of carbonyl (C=O) groups is 2. The zero-order valence-electron chi connectivity index (χ0n) is 13.4. The molecule has 1 aliphatic rings. The summed E-state index contributed by atoms with van der Waals surface area (Å²) in [5.41, 5.74) is 3.95. The van der Waals surface area contributed by atoms with Crippen molar-refractivity contribution < 1.29 is 14.7 Å². The standard InChI is InChI=1S/C17H24N2O3/c1-10-7-11(2)16(12(3)8-10)19-15(21)9-18-17(22)13-5-4-6-14(13)20/h7-8,13-14,20H,4-6,9H2,1-3H3,(H,18,22)(H,19,21). The molecule has 1 aromatic carbocycles. The van der Waals surface area contributed by atoms with Crippen LogP contribution < -0.4 is 10.6 Å². The Balaban J connectivity index is 1.90. The lowest BCUT2D eigenvalue weighted by atomic mass is 10.0. The van der Waals surface area contributed by atoms with Crippen molar-refractivity contribution in [3.05, 3.63) is 28.8 Å². The van der Waals surface area contributed by atoms with Gasteiger partial charge in [0.25, 0.3) is 0 Å². The number of hydrogen-bond acceptors (Lipinski definition) is 3. The molecule has 0 radical (unpaired) electrons. The van der Waals surface area contributed by atoms with Gasteiger partial charge in [-0.15, -0.1) is 0 Å². The van der Waals surface area contributed by atoms with E-state index in [4.69, 9.17) is 0 Å². The lowest BCUT2D eigenvalue weighted by Gasteiger charge is -2.16. The second-order valence-corrected chi connectivity index (χ2v) is 6.14. The average molecular weight is 304 g/mol. The van der Waals surface area contributed by atoms with Crippen molar-refractivity contribution in [2.24, 2.45) is 5.92 Å².